The number of aromatic nitrogens is 1. The lowest BCUT2D eigenvalue weighted by Crippen LogP contribution is -2.22. The van der Waals surface area contributed by atoms with E-state index in [-0.39, 0.29) is 0 Å². The lowest BCUT2D eigenvalue weighted by molar-refractivity contribution is 0.414. The van der Waals surface area contributed by atoms with Gasteiger partial charge in [-0.2, -0.15) is 0 Å². The highest BCUT2D eigenvalue weighted by atomic mass is 79.9. The fourth-order valence-electron chi connectivity index (χ4n) is 1.96. The highest BCUT2D eigenvalue weighted by Gasteiger charge is 2.11. The Morgan fingerprint density at radius 2 is 2.19 bits per heavy atom. The maximum Gasteiger partial charge on any atom is 0.196 e. The molecule has 1 heterocycles. The molecule has 4 nitrogen and oxygen atoms in total. The van der Waals surface area contributed by atoms with E-state index >= 15 is 0 Å². The molecule has 0 spiro atoms. The molecule has 2 aromatic rings. The van der Waals surface area contributed by atoms with Crippen molar-refractivity contribution >= 4 is 15.9 Å². The SMILES string of the molecule is COc1ccc(Br)c(-c2cnc(CCNCC(C)C)o2)c1. The predicted octanol–water partition coefficient (Wildman–Crippen LogP) is 3.90. The molecule has 2 rings (SSSR count). The quantitative estimate of drug-likeness (QED) is 0.767. The average molecular weight is 353 g/mol. The summed E-state index contributed by atoms with van der Waals surface area (Å²) in [6.45, 7) is 6.26. The van der Waals surface area contributed by atoms with E-state index in [2.05, 4.69) is 40.1 Å². The summed E-state index contributed by atoms with van der Waals surface area (Å²) in [4.78, 5) is 4.34. The Labute approximate surface area is 134 Å². The standard InChI is InChI=1S/C16H21BrN2O2/c1-11(2)9-18-7-6-16-19-10-15(21-16)13-8-12(20-3)4-5-14(13)17/h4-5,8,10-11,18H,6-7,9H2,1-3H3. The highest BCUT2D eigenvalue weighted by Crippen LogP contribution is 2.32. The van der Waals surface area contributed by atoms with Crippen molar-refractivity contribution in [2.75, 3.05) is 20.2 Å². The normalized spacial score (nSPS) is 11.1. The van der Waals surface area contributed by atoms with Gasteiger partial charge in [0.05, 0.1) is 13.3 Å². The Morgan fingerprint density at radius 1 is 1.38 bits per heavy atom. The van der Waals surface area contributed by atoms with Gasteiger partial charge in [0.2, 0.25) is 0 Å². The zero-order chi connectivity index (χ0) is 15.2. The van der Waals surface area contributed by atoms with Crippen LogP contribution in [0.2, 0.25) is 0 Å². The molecular formula is C16H21BrN2O2. The Hall–Kier alpha value is -1.33. The second-order valence-electron chi connectivity index (χ2n) is 5.31. The third-order valence-electron chi connectivity index (χ3n) is 3.06. The Balaban J connectivity index is 2.02. The summed E-state index contributed by atoms with van der Waals surface area (Å²) in [5, 5.41) is 3.38. The number of methoxy groups -OCH3 is 1. The molecule has 0 atom stereocenters. The van der Waals surface area contributed by atoms with Gasteiger partial charge in [-0.3, -0.25) is 0 Å². The zero-order valence-corrected chi connectivity index (χ0v) is 14.2. The van der Waals surface area contributed by atoms with Crippen molar-refractivity contribution in [2.24, 2.45) is 5.92 Å². The maximum absolute atomic E-state index is 5.82. The number of benzene rings is 1. The van der Waals surface area contributed by atoms with Crippen molar-refractivity contribution in [2.45, 2.75) is 20.3 Å². The van der Waals surface area contributed by atoms with Crippen LogP contribution in [0.3, 0.4) is 0 Å². The van der Waals surface area contributed by atoms with Gasteiger partial charge in [0.15, 0.2) is 11.7 Å². The molecule has 0 saturated heterocycles. The number of oxazole rings is 1. The van der Waals surface area contributed by atoms with Crippen LogP contribution in [0.25, 0.3) is 11.3 Å². The first-order valence-corrected chi connectivity index (χ1v) is 7.88. The van der Waals surface area contributed by atoms with Crippen LogP contribution in [-0.4, -0.2) is 25.2 Å². The van der Waals surface area contributed by atoms with Gasteiger partial charge in [-0.1, -0.05) is 29.8 Å². The first-order valence-electron chi connectivity index (χ1n) is 7.09. The molecule has 0 aliphatic rings. The van der Waals surface area contributed by atoms with Crippen LogP contribution in [0, 0.1) is 5.92 Å². The maximum atomic E-state index is 5.82. The van der Waals surface area contributed by atoms with E-state index in [0.29, 0.717) is 5.92 Å². The highest BCUT2D eigenvalue weighted by molar-refractivity contribution is 9.10. The molecule has 0 bridgehead atoms. The zero-order valence-electron chi connectivity index (χ0n) is 12.6. The van der Waals surface area contributed by atoms with Crippen LogP contribution >= 0.6 is 15.9 Å². The molecule has 0 unspecified atom stereocenters. The van der Waals surface area contributed by atoms with Crippen molar-refractivity contribution in [1.29, 1.82) is 0 Å². The summed E-state index contributed by atoms with van der Waals surface area (Å²) in [5.74, 6) is 2.94. The average Bonchev–Trinajstić information content (AvgIpc) is 2.92. The number of nitrogens with one attached hydrogen (secondary N) is 1. The van der Waals surface area contributed by atoms with Gasteiger partial charge >= 0.3 is 0 Å². The fourth-order valence-corrected chi connectivity index (χ4v) is 2.40. The number of ether oxygens (including phenoxy) is 1. The second kappa shape index (κ2) is 7.61. The molecule has 0 aliphatic carbocycles. The number of hydrogen-bond acceptors (Lipinski definition) is 4. The van der Waals surface area contributed by atoms with E-state index in [1.807, 2.05) is 18.2 Å². The van der Waals surface area contributed by atoms with E-state index in [9.17, 15) is 0 Å². The molecule has 0 aliphatic heterocycles. The van der Waals surface area contributed by atoms with Crippen LogP contribution in [0.4, 0.5) is 0 Å². The van der Waals surface area contributed by atoms with E-state index in [1.165, 1.54) is 0 Å². The summed E-state index contributed by atoms with van der Waals surface area (Å²) in [6, 6.07) is 5.78. The molecule has 1 N–H and O–H groups in total. The van der Waals surface area contributed by atoms with Crippen molar-refractivity contribution < 1.29 is 9.15 Å². The molecule has 0 amide bonds. The molecule has 1 aromatic carbocycles. The van der Waals surface area contributed by atoms with Gasteiger partial charge in [0.25, 0.3) is 0 Å². The van der Waals surface area contributed by atoms with Crippen LogP contribution in [-0.2, 0) is 6.42 Å². The van der Waals surface area contributed by atoms with Gasteiger partial charge in [-0.05, 0) is 30.7 Å². The van der Waals surface area contributed by atoms with Gasteiger partial charge in [0.1, 0.15) is 5.75 Å². The monoisotopic (exact) mass is 352 g/mol. The molecule has 21 heavy (non-hydrogen) atoms. The minimum Gasteiger partial charge on any atom is -0.497 e. The third-order valence-corrected chi connectivity index (χ3v) is 3.75. The van der Waals surface area contributed by atoms with Crippen LogP contribution < -0.4 is 10.1 Å². The Kier molecular flexibility index (Phi) is 5.82. The minimum atomic E-state index is 0.651. The van der Waals surface area contributed by atoms with Gasteiger partial charge < -0.3 is 14.5 Å². The van der Waals surface area contributed by atoms with E-state index in [4.69, 9.17) is 9.15 Å². The number of rotatable bonds is 7. The number of hydrogen-bond donors (Lipinski definition) is 1. The number of halogens is 1. The lowest BCUT2D eigenvalue weighted by atomic mass is 10.2. The Morgan fingerprint density at radius 3 is 2.90 bits per heavy atom. The largest absolute Gasteiger partial charge is 0.497 e. The lowest BCUT2D eigenvalue weighted by Gasteiger charge is -2.05. The molecular weight excluding hydrogens is 332 g/mol. The van der Waals surface area contributed by atoms with Gasteiger partial charge in [0, 0.05) is 23.0 Å². The predicted molar refractivity (Wildman–Crippen MR) is 87.6 cm³/mol. The second-order valence-corrected chi connectivity index (χ2v) is 6.17. The van der Waals surface area contributed by atoms with Gasteiger partial charge in [-0.25, -0.2) is 4.98 Å². The van der Waals surface area contributed by atoms with Crippen LogP contribution in [0.15, 0.2) is 33.3 Å². The third kappa shape index (κ3) is 4.58. The Bertz CT molecular complexity index is 581. The van der Waals surface area contributed by atoms with E-state index in [0.717, 1.165) is 46.9 Å². The van der Waals surface area contributed by atoms with Crippen LogP contribution in [0.5, 0.6) is 5.75 Å². The topological polar surface area (TPSA) is 47.3 Å². The summed E-state index contributed by atoms with van der Waals surface area (Å²) >= 11 is 3.53. The molecule has 1 aromatic heterocycles. The van der Waals surface area contributed by atoms with Crippen LogP contribution in [0.1, 0.15) is 19.7 Å². The molecule has 0 saturated carbocycles. The van der Waals surface area contributed by atoms with Crippen molar-refractivity contribution in [3.8, 4) is 17.1 Å². The van der Waals surface area contributed by atoms with E-state index in [1.54, 1.807) is 13.3 Å². The molecule has 5 heteroatoms. The van der Waals surface area contributed by atoms with Crippen molar-refractivity contribution in [1.82, 2.24) is 10.3 Å². The summed E-state index contributed by atoms with van der Waals surface area (Å²) in [7, 11) is 1.65. The molecule has 114 valence electrons. The summed E-state index contributed by atoms with van der Waals surface area (Å²) < 4.78 is 12.0. The number of nitrogens with zero attached hydrogens (tertiary/aromatic N) is 1. The van der Waals surface area contributed by atoms with Gasteiger partial charge in [-0.15, -0.1) is 0 Å². The first kappa shape index (κ1) is 16.0. The fraction of sp³-hybridized carbons (Fsp3) is 0.438. The summed E-state index contributed by atoms with van der Waals surface area (Å²) in [6.07, 6.45) is 2.55. The van der Waals surface area contributed by atoms with Crippen molar-refractivity contribution in [3.63, 3.8) is 0 Å². The van der Waals surface area contributed by atoms with Crippen molar-refractivity contribution in [3.05, 3.63) is 34.8 Å². The minimum absolute atomic E-state index is 0.651. The first-order chi connectivity index (χ1) is 10.1. The summed E-state index contributed by atoms with van der Waals surface area (Å²) in [5.41, 5.74) is 0.947. The molecule has 0 fully saturated rings. The van der Waals surface area contributed by atoms with E-state index < -0.39 is 0 Å². The molecule has 0 radical (unpaired) electrons. The smallest absolute Gasteiger partial charge is 0.196 e.